The Morgan fingerprint density at radius 2 is 2.04 bits per heavy atom. The highest BCUT2D eigenvalue weighted by Gasteiger charge is 2.43. The zero-order chi connectivity index (χ0) is 19.7. The van der Waals surface area contributed by atoms with Crippen molar-refractivity contribution < 1.29 is 14.6 Å². The Hall–Kier alpha value is -2.13. The van der Waals surface area contributed by atoms with Gasteiger partial charge >= 0.3 is 12.1 Å². The molecule has 154 valence electrons. The first kappa shape index (κ1) is 19.2. The summed E-state index contributed by atoms with van der Waals surface area (Å²) in [6.45, 7) is 4.57. The number of rotatable bonds is 6. The largest absolute Gasteiger partial charge is 0.465 e. The van der Waals surface area contributed by atoms with Crippen molar-refractivity contribution in [3.63, 3.8) is 0 Å². The van der Waals surface area contributed by atoms with Gasteiger partial charge < -0.3 is 25.0 Å². The minimum atomic E-state index is -0.800. The van der Waals surface area contributed by atoms with E-state index in [4.69, 9.17) is 9.72 Å². The second kappa shape index (κ2) is 8.08. The molecule has 2 fully saturated rings. The van der Waals surface area contributed by atoms with Gasteiger partial charge in [0, 0.05) is 31.7 Å². The number of anilines is 1. The van der Waals surface area contributed by atoms with Crippen molar-refractivity contribution in [1.82, 2.24) is 25.1 Å². The molecule has 0 spiro atoms. The molecule has 0 aliphatic carbocycles. The van der Waals surface area contributed by atoms with Crippen molar-refractivity contribution in [3.05, 3.63) is 11.3 Å². The number of carboxylic acid groups (broad SMARTS) is 1. The maximum atomic E-state index is 11.6. The number of carbonyl (C=O) groups is 1. The third-order valence-electron chi connectivity index (χ3n) is 5.88. The van der Waals surface area contributed by atoms with Crippen molar-refractivity contribution >= 4 is 11.9 Å². The van der Waals surface area contributed by atoms with E-state index in [2.05, 4.69) is 20.1 Å². The summed E-state index contributed by atoms with van der Waals surface area (Å²) in [4.78, 5) is 27.0. The molecule has 28 heavy (non-hydrogen) atoms. The lowest BCUT2D eigenvalue weighted by molar-refractivity contribution is 0.114. The van der Waals surface area contributed by atoms with Crippen LogP contribution >= 0.6 is 0 Å². The molecule has 1 aromatic heterocycles. The molecule has 0 aromatic carbocycles. The summed E-state index contributed by atoms with van der Waals surface area (Å²) in [5.74, 6) is 0.941. The number of aromatic nitrogens is 2. The molecule has 2 atom stereocenters. The zero-order valence-electron chi connectivity index (χ0n) is 16.7. The van der Waals surface area contributed by atoms with Gasteiger partial charge in [-0.05, 0) is 46.3 Å². The van der Waals surface area contributed by atoms with Gasteiger partial charge in [-0.1, -0.05) is 0 Å². The number of hydrogen-bond acceptors (Lipinski definition) is 7. The van der Waals surface area contributed by atoms with Gasteiger partial charge in [0.15, 0.2) is 0 Å². The van der Waals surface area contributed by atoms with Crippen LogP contribution in [-0.2, 0) is 13.0 Å². The van der Waals surface area contributed by atoms with Crippen LogP contribution in [0.3, 0.4) is 0 Å². The average Bonchev–Trinajstić information content (AvgIpc) is 2.95. The van der Waals surface area contributed by atoms with Gasteiger partial charge in [-0.3, -0.25) is 4.90 Å². The van der Waals surface area contributed by atoms with E-state index in [0.29, 0.717) is 25.7 Å². The van der Waals surface area contributed by atoms with E-state index in [0.717, 1.165) is 56.8 Å². The van der Waals surface area contributed by atoms with E-state index < -0.39 is 6.09 Å². The Balaban J connectivity index is 1.54. The predicted octanol–water partition coefficient (Wildman–Crippen LogP) is 0.784. The second-order valence-electron chi connectivity index (χ2n) is 8.17. The van der Waals surface area contributed by atoms with Crippen LogP contribution in [0, 0.1) is 0 Å². The minimum Gasteiger partial charge on any atom is -0.465 e. The molecule has 1 aromatic rings. The Labute approximate surface area is 165 Å². The summed E-state index contributed by atoms with van der Waals surface area (Å²) in [7, 11) is 4.09. The van der Waals surface area contributed by atoms with Crippen LogP contribution in [0.15, 0.2) is 0 Å². The monoisotopic (exact) mass is 390 g/mol. The van der Waals surface area contributed by atoms with Crippen LogP contribution in [0.4, 0.5) is 10.6 Å². The van der Waals surface area contributed by atoms with Crippen molar-refractivity contribution in [3.8, 4) is 6.01 Å². The first-order chi connectivity index (χ1) is 13.5. The first-order valence-electron chi connectivity index (χ1n) is 10.2. The summed E-state index contributed by atoms with van der Waals surface area (Å²) < 4.78 is 5.87. The van der Waals surface area contributed by atoms with Gasteiger partial charge in [-0.25, -0.2) is 4.79 Å². The summed E-state index contributed by atoms with van der Waals surface area (Å²) in [6.07, 6.45) is 2.86. The number of amides is 1. The summed E-state index contributed by atoms with van der Waals surface area (Å²) >= 11 is 0. The molecular weight excluding hydrogens is 360 g/mol. The molecule has 2 bridgehead atoms. The third-order valence-corrected chi connectivity index (χ3v) is 5.88. The normalized spacial score (nSPS) is 23.8. The topological polar surface area (TPSA) is 94.1 Å². The summed E-state index contributed by atoms with van der Waals surface area (Å²) in [5, 5.41) is 12.9. The third kappa shape index (κ3) is 3.86. The van der Waals surface area contributed by atoms with Crippen LogP contribution in [0.25, 0.3) is 0 Å². The summed E-state index contributed by atoms with van der Waals surface area (Å²) in [6, 6.07) is 0.533. The quantitative estimate of drug-likeness (QED) is 0.689. The number of piperazine rings is 1. The molecule has 2 unspecified atom stereocenters. The van der Waals surface area contributed by atoms with Crippen LogP contribution in [0.5, 0.6) is 6.01 Å². The lowest BCUT2D eigenvalue weighted by Crippen LogP contribution is -2.56. The predicted molar refractivity (Wildman–Crippen MR) is 105 cm³/mol. The van der Waals surface area contributed by atoms with Gasteiger partial charge in [-0.15, -0.1) is 0 Å². The number of fused-ring (bicyclic) bond motifs is 3. The van der Waals surface area contributed by atoms with Crippen LogP contribution in [0.1, 0.15) is 30.5 Å². The van der Waals surface area contributed by atoms with Crippen molar-refractivity contribution in [1.29, 1.82) is 0 Å². The van der Waals surface area contributed by atoms with Crippen molar-refractivity contribution in [2.75, 3.05) is 51.8 Å². The first-order valence-corrected chi connectivity index (χ1v) is 10.2. The molecule has 2 N–H and O–H groups in total. The van der Waals surface area contributed by atoms with E-state index in [9.17, 15) is 9.90 Å². The Kier molecular flexibility index (Phi) is 5.54. The average molecular weight is 390 g/mol. The van der Waals surface area contributed by atoms with Crippen LogP contribution in [0.2, 0.25) is 0 Å². The maximum Gasteiger partial charge on any atom is 0.407 e. The molecule has 9 nitrogen and oxygen atoms in total. The lowest BCUT2D eigenvalue weighted by Gasteiger charge is -2.41. The van der Waals surface area contributed by atoms with E-state index in [1.54, 1.807) is 4.90 Å². The molecule has 2 saturated heterocycles. The number of nitrogens with one attached hydrogen (secondary N) is 1. The highest BCUT2D eigenvalue weighted by molar-refractivity contribution is 5.67. The second-order valence-corrected chi connectivity index (χ2v) is 8.17. The van der Waals surface area contributed by atoms with E-state index in [-0.39, 0.29) is 12.1 Å². The van der Waals surface area contributed by atoms with Crippen molar-refractivity contribution in [2.24, 2.45) is 0 Å². The van der Waals surface area contributed by atoms with E-state index >= 15 is 0 Å². The van der Waals surface area contributed by atoms with Gasteiger partial charge in [0.25, 0.3) is 0 Å². The number of ether oxygens (including phenoxy) is 1. The Bertz CT molecular complexity index is 714. The molecule has 0 radical (unpaired) electrons. The fourth-order valence-corrected chi connectivity index (χ4v) is 4.58. The Morgan fingerprint density at radius 1 is 1.29 bits per heavy atom. The van der Waals surface area contributed by atoms with Gasteiger partial charge in [0.1, 0.15) is 5.82 Å². The molecule has 9 heteroatoms. The van der Waals surface area contributed by atoms with Gasteiger partial charge in [0.2, 0.25) is 0 Å². The zero-order valence-corrected chi connectivity index (χ0v) is 16.7. The maximum absolute atomic E-state index is 11.6. The fraction of sp³-hybridized carbons (Fsp3) is 0.737. The van der Waals surface area contributed by atoms with Gasteiger partial charge in [-0.2, -0.15) is 9.97 Å². The molecule has 0 saturated carbocycles. The van der Waals surface area contributed by atoms with Crippen LogP contribution < -0.4 is 15.0 Å². The smallest absolute Gasteiger partial charge is 0.407 e. The van der Waals surface area contributed by atoms with Crippen molar-refractivity contribution in [2.45, 2.75) is 44.3 Å². The standard InChI is InChI=1S/C19H30N6O3/c1-23(2)8-3-9-28-18-21-16-10-20-7-6-15(16)17(22-18)24-11-13-4-5-14(12-24)25(13)19(26)27/h13-14,20H,3-12H2,1-2H3,(H,26,27). The summed E-state index contributed by atoms with van der Waals surface area (Å²) in [5.41, 5.74) is 2.19. The minimum absolute atomic E-state index is 0.0491. The van der Waals surface area contributed by atoms with E-state index in [1.165, 1.54) is 5.56 Å². The molecule has 1 amide bonds. The molecule has 4 rings (SSSR count). The molecule has 3 aliphatic rings. The molecule has 4 heterocycles. The molecular formula is C19H30N6O3. The fourth-order valence-electron chi connectivity index (χ4n) is 4.58. The lowest BCUT2D eigenvalue weighted by atomic mass is 10.1. The van der Waals surface area contributed by atoms with Crippen LogP contribution in [-0.4, -0.2) is 89.9 Å². The molecule has 3 aliphatic heterocycles. The van der Waals surface area contributed by atoms with Gasteiger partial charge in [0.05, 0.1) is 24.4 Å². The number of nitrogens with zero attached hydrogens (tertiary/aromatic N) is 5. The van der Waals surface area contributed by atoms with E-state index in [1.807, 2.05) is 14.1 Å². The highest BCUT2D eigenvalue weighted by atomic mass is 16.5. The SMILES string of the molecule is CN(C)CCCOc1nc2c(c(N3CC4CCC(C3)N4C(=O)O)n1)CCNC2. The Morgan fingerprint density at radius 3 is 2.71 bits per heavy atom. The number of hydrogen-bond donors (Lipinski definition) is 2. The highest BCUT2D eigenvalue weighted by Crippen LogP contribution is 2.35.